The molecule has 154 valence electrons. The zero-order valence-corrected chi connectivity index (χ0v) is 16.7. The number of nitrogens with one attached hydrogen (secondary N) is 2. The molecule has 29 heavy (non-hydrogen) atoms. The van der Waals surface area contributed by atoms with Gasteiger partial charge < -0.3 is 15.2 Å². The zero-order valence-electron chi connectivity index (χ0n) is 15.9. The lowest BCUT2D eigenvalue weighted by Gasteiger charge is -2.26. The highest BCUT2D eigenvalue weighted by atomic mass is 32.2. The summed E-state index contributed by atoms with van der Waals surface area (Å²) in [6, 6.07) is 2.28. The number of benzene rings is 1. The Kier molecular flexibility index (Phi) is 4.03. The summed E-state index contributed by atoms with van der Waals surface area (Å²) in [5.74, 6) is -0.473. The van der Waals surface area contributed by atoms with Gasteiger partial charge in [-0.15, -0.1) is 0 Å². The summed E-state index contributed by atoms with van der Waals surface area (Å²) >= 11 is 0. The van der Waals surface area contributed by atoms with Crippen LogP contribution in [0, 0.1) is 4.78 Å². The number of nitrogens with zero attached hydrogens (tertiary/aromatic N) is 2. The third-order valence-corrected chi connectivity index (χ3v) is 7.10. The molecular formula is C19H23N5O4S. The van der Waals surface area contributed by atoms with Gasteiger partial charge in [0, 0.05) is 5.69 Å². The molecule has 0 saturated heterocycles. The number of aliphatic hydroxyl groups excluding tert-OH is 1. The number of ether oxygens (including phenoxy) is 1. The number of carbonyl (C=O) groups is 1. The Bertz CT molecular complexity index is 1110. The van der Waals surface area contributed by atoms with E-state index in [0.29, 0.717) is 0 Å². The van der Waals surface area contributed by atoms with Crippen LogP contribution in [-0.4, -0.2) is 37.2 Å². The van der Waals surface area contributed by atoms with Crippen molar-refractivity contribution in [3.63, 3.8) is 0 Å². The molecule has 1 amide bonds. The predicted molar refractivity (Wildman–Crippen MR) is 105 cm³/mol. The Morgan fingerprint density at radius 2 is 1.97 bits per heavy atom. The molecule has 5 rings (SSSR count). The molecule has 2 unspecified atom stereocenters. The fourth-order valence-electron chi connectivity index (χ4n) is 4.71. The van der Waals surface area contributed by atoms with Crippen LogP contribution in [-0.2, 0) is 46.9 Å². The van der Waals surface area contributed by atoms with Crippen LogP contribution in [0.2, 0.25) is 0 Å². The van der Waals surface area contributed by atoms with E-state index < -0.39 is 28.0 Å². The van der Waals surface area contributed by atoms with Crippen LogP contribution in [0.4, 0.5) is 5.69 Å². The van der Waals surface area contributed by atoms with E-state index in [0.717, 1.165) is 44.2 Å². The molecule has 2 atom stereocenters. The second-order valence-corrected chi connectivity index (χ2v) is 9.66. The van der Waals surface area contributed by atoms with Gasteiger partial charge in [0.05, 0.1) is 19.3 Å². The van der Waals surface area contributed by atoms with Crippen molar-refractivity contribution in [1.82, 2.24) is 9.78 Å². The van der Waals surface area contributed by atoms with Crippen LogP contribution in [0.3, 0.4) is 0 Å². The zero-order chi connectivity index (χ0) is 20.4. The average molecular weight is 417 g/mol. The van der Waals surface area contributed by atoms with E-state index in [1.165, 1.54) is 33.1 Å². The molecule has 10 heteroatoms. The monoisotopic (exact) mass is 417 g/mol. The molecule has 2 heterocycles. The number of rotatable bonds is 4. The highest BCUT2D eigenvalue weighted by molar-refractivity contribution is 7.90. The Morgan fingerprint density at radius 1 is 1.31 bits per heavy atom. The van der Waals surface area contributed by atoms with Crippen LogP contribution in [0.1, 0.15) is 35.1 Å². The molecule has 0 saturated carbocycles. The molecule has 3 aliphatic rings. The first-order chi connectivity index (χ1) is 13.8. The van der Waals surface area contributed by atoms with E-state index in [9.17, 15) is 14.1 Å². The second kappa shape index (κ2) is 6.28. The smallest absolute Gasteiger partial charge is 0.273 e. The van der Waals surface area contributed by atoms with Gasteiger partial charge >= 0.3 is 0 Å². The molecule has 2 aromatic rings. The molecule has 1 aromatic carbocycles. The van der Waals surface area contributed by atoms with Crippen LogP contribution in [0.15, 0.2) is 17.2 Å². The highest BCUT2D eigenvalue weighted by Gasteiger charge is 2.49. The number of amides is 1. The SMILES string of the molecule is N=S(N)(=O)c1cnn2c1OC(CO)(C(=O)Nc1c3c(cc4c1CCC4)CCC3)C2. The summed E-state index contributed by atoms with van der Waals surface area (Å²) < 4.78 is 26.7. The van der Waals surface area contributed by atoms with Crippen LogP contribution < -0.4 is 15.2 Å². The number of hydrogen-bond donors (Lipinski definition) is 4. The van der Waals surface area contributed by atoms with E-state index in [1.54, 1.807) is 0 Å². The van der Waals surface area contributed by atoms with Gasteiger partial charge in [-0.2, -0.15) is 5.10 Å². The topological polar surface area (TPSA) is 143 Å². The van der Waals surface area contributed by atoms with Gasteiger partial charge in [0.2, 0.25) is 11.5 Å². The van der Waals surface area contributed by atoms with E-state index in [2.05, 4.69) is 16.5 Å². The molecule has 5 N–H and O–H groups in total. The summed E-state index contributed by atoms with van der Waals surface area (Å²) in [5, 5.41) is 22.6. The Hall–Kier alpha value is -2.43. The van der Waals surface area contributed by atoms with Crippen molar-refractivity contribution in [2.45, 2.75) is 55.6 Å². The van der Waals surface area contributed by atoms with Crippen molar-refractivity contribution in [2.24, 2.45) is 5.14 Å². The average Bonchev–Trinajstić information content (AvgIpc) is 3.42. The third kappa shape index (κ3) is 2.77. The summed E-state index contributed by atoms with van der Waals surface area (Å²) in [6.45, 7) is -0.625. The maximum absolute atomic E-state index is 13.3. The molecule has 0 bridgehead atoms. The van der Waals surface area contributed by atoms with Gasteiger partial charge in [0.15, 0.2) is 0 Å². The molecule has 2 aliphatic carbocycles. The van der Waals surface area contributed by atoms with Gasteiger partial charge in [0.1, 0.15) is 14.8 Å². The normalized spacial score (nSPS) is 23.8. The van der Waals surface area contributed by atoms with Crippen LogP contribution in [0.5, 0.6) is 5.88 Å². The maximum atomic E-state index is 13.3. The lowest BCUT2D eigenvalue weighted by Crippen LogP contribution is -2.51. The minimum absolute atomic E-state index is 0.000203. The summed E-state index contributed by atoms with van der Waals surface area (Å²) in [5.41, 5.74) is 4.20. The minimum Gasteiger partial charge on any atom is -0.456 e. The molecule has 1 aromatic heterocycles. The van der Waals surface area contributed by atoms with Crippen molar-refractivity contribution in [1.29, 1.82) is 4.78 Å². The first kappa shape index (κ1) is 18.6. The van der Waals surface area contributed by atoms with Crippen molar-refractivity contribution < 1.29 is 18.8 Å². The van der Waals surface area contributed by atoms with Gasteiger partial charge in [-0.1, -0.05) is 6.07 Å². The molecule has 0 spiro atoms. The Balaban J connectivity index is 1.50. The minimum atomic E-state index is -3.57. The van der Waals surface area contributed by atoms with Crippen molar-refractivity contribution in [3.8, 4) is 5.88 Å². The van der Waals surface area contributed by atoms with Gasteiger partial charge in [-0.25, -0.2) is 18.8 Å². The fourth-order valence-corrected chi connectivity index (χ4v) is 5.32. The van der Waals surface area contributed by atoms with Gasteiger partial charge in [0.25, 0.3) is 5.91 Å². The van der Waals surface area contributed by atoms with E-state index in [1.807, 2.05) is 0 Å². The van der Waals surface area contributed by atoms with E-state index >= 15 is 0 Å². The lowest BCUT2D eigenvalue weighted by atomic mass is 9.97. The van der Waals surface area contributed by atoms with Crippen molar-refractivity contribution in [3.05, 3.63) is 34.5 Å². The van der Waals surface area contributed by atoms with Crippen LogP contribution in [0.25, 0.3) is 0 Å². The van der Waals surface area contributed by atoms with E-state index in [4.69, 9.17) is 14.7 Å². The number of aliphatic hydroxyl groups is 1. The first-order valence-electron chi connectivity index (χ1n) is 9.72. The number of aromatic nitrogens is 2. The van der Waals surface area contributed by atoms with Gasteiger partial charge in [-0.05, 0) is 60.8 Å². The summed E-state index contributed by atoms with van der Waals surface area (Å²) in [4.78, 5) is 13.2. The first-order valence-corrected chi connectivity index (χ1v) is 11.3. The Morgan fingerprint density at radius 3 is 2.55 bits per heavy atom. The van der Waals surface area contributed by atoms with Crippen molar-refractivity contribution >= 4 is 21.5 Å². The van der Waals surface area contributed by atoms with Crippen LogP contribution >= 0.6 is 0 Å². The third-order valence-electron chi connectivity index (χ3n) is 6.16. The number of carbonyl (C=O) groups excluding carboxylic acids is 1. The summed E-state index contributed by atoms with van der Waals surface area (Å²) in [7, 11) is -3.57. The predicted octanol–water partition coefficient (Wildman–Crippen LogP) is 0.902. The van der Waals surface area contributed by atoms with Crippen molar-refractivity contribution in [2.75, 3.05) is 11.9 Å². The number of aryl methyl sites for hydroxylation is 2. The molecule has 0 radical (unpaired) electrons. The lowest BCUT2D eigenvalue weighted by molar-refractivity contribution is -0.133. The largest absolute Gasteiger partial charge is 0.456 e. The molecule has 1 aliphatic heterocycles. The van der Waals surface area contributed by atoms with Gasteiger partial charge in [-0.3, -0.25) is 4.79 Å². The number of fused-ring (bicyclic) bond motifs is 3. The molecule has 0 fully saturated rings. The second-order valence-electron chi connectivity index (χ2n) is 8.01. The Labute approximate surface area is 168 Å². The molecular weight excluding hydrogens is 394 g/mol. The fraction of sp³-hybridized carbons (Fsp3) is 0.474. The van der Waals surface area contributed by atoms with E-state index in [-0.39, 0.29) is 17.3 Å². The summed E-state index contributed by atoms with van der Waals surface area (Å²) in [6.07, 6.45) is 7.21. The number of anilines is 1. The quantitative estimate of drug-likeness (QED) is 0.584. The number of nitrogens with two attached hydrogens (primary N) is 1. The molecule has 9 nitrogen and oxygen atoms in total. The standard InChI is InChI=1S/C19H23N5O4S/c20-29(21,27)15-8-22-24-9-19(10-25,28-17(15)24)18(26)23-16-13-5-1-3-11(13)7-12-4-2-6-14(12)16/h7-8,25H,1-6,9-10H2,(H,23,26)(H3,20,21,27). The number of hydrogen-bond acceptors (Lipinski definition) is 6. The highest BCUT2D eigenvalue weighted by Crippen LogP contribution is 2.40. The maximum Gasteiger partial charge on any atom is 0.273 e.